The molecule has 8 nitrogen and oxygen atoms in total. The van der Waals surface area contributed by atoms with Crippen molar-refractivity contribution >= 4 is 11.8 Å². The number of hydrogen-bond donors (Lipinski definition) is 3. The number of halogens is 2. The van der Waals surface area contributed by atoms with Gasteiger partial charge in [-0.2, -0.15) is 0 Å². The molecule has 238 valence electrons. The first-order valence-corrected chi connectivity index (χ1v) is 15.2. The Labute approximate surface area is 259 Å². The molecule has 0 aliphatic carbocycles. The summed E-state index contributed by atoms with van der Waals surface area (Å²) in [5, 5.41) is 17.2. The number of nitrogens with one attached hydrogen (secondary N) is 2. The molecular weight excluding hydrogens is 564 g/mol. The molecule has 0 saturated heterocycles. The maximum absolute atomic E-state index is 14.0. The number of benzene rings is 2. The molecule has 0 fully saturated rings. The lowest BCUT2D eigenvalue weighted by Crippen LogP contribution is -2.48. The standard InChI is InChI=1S/C34H45F2N5O3/c1-7-11-41(12-8-2)32(44)25-14-22(3)13-24(18-25)31(43)40-29(17-23-15-26(35)19-27(36)16-23)30(42)21-37-20-28-9-10-38-33(39-28)34(4,5)6/h9-10,13-16,18-19,29-30,37,42H,7-8,11-12,17,20-21H2,1-6H3,(H,40,43). The normalized spacial score (nSPS) is 12.9. The van der Waals surface area contributed by atoms with Crippen LogP contribution in [0, 0.1) is 18.6 Å². The second kappa shape index (κ2) is 15.8. The van der Waals surface area contributed by atoms with Gasteiger partial charge in [-0.05, 0) is 73.7 Å². The number of carbonyl (C=O) groups excluding carboxylic acids is 2. The minimum atomic E-state index is -1.12. The van der Waals surface area contributed by atoms with Gasteiger partial charge in [-0.1, -0.05) is 34.6 Å². The van der Waals surface area contributed by atoms with Gasteiger partial charge in [0, 0.05) is 55.0 Å². The predicted octanol–water partition coefficient (Wildman–Crippen LogP) is 5.11. The lowest BCUT2D eigenvalue weighted by molar-refractivity contribution is 0.0755. The van der Waals surface area contributed by atoms with E-state index in [0.29, 0.717) is 31.0 Å². The summed E-state index contributed by atoms with van der Waals surface area (Å²) < 4.78 is 28.0. The summed E-state index contributed by atoms with van der Waals surface area (Å²) in [7, 11) is 0. The lowest BCUT2D eigenvalue weighted by atomic mass is 9.95. The highest BCUT2D eigenvalue weighted by atomic mass is 19.1. The zero-order chi connectivity index (χ0) is 32.4. The van der Waals surface area contributed by atoms with Crippen LogP contribution in [0.2, 0.25) is 0 Å². The fraction of sp³-hybridized carbons (Fsp3) is 0.471. The third kappa shape index (κ3) is 10.2. The first-order chi connectivity index (χ1) is 20.8. The average molecular weight is 610 g/mol. The summed E-state index contributed by atoms with van der Waals surface area (Å²) >= 11 is 0. The van der Waals surface area contributed by atoms with Crippen molar-refractivity contribution in [1.82, 2.24) is 25.5 Å². The van der Waals surface area contributed by atoms with E-state index in [4.69, 9.17) is 0 Å². The predicted molar refractivity (Wildman–Crippen MR) is 167 cm³/mol. The third-order valence-electron chi connectivity index (χ3n) is 7.06. The van der Waals surface area contributed by atoms with Crippen LogP contribution in [0.15, 0.2) is 48.7 Å². The van der Waals surface area contributed by atoms with Crippen molar-refractivity contribution in [1.29, 1.82) is 0 Å². The molecule has 0 bridgehead atoms. The number of amides is 2. The fourth-order valence-electron chi connectivity index (χ4n) is 4.94. The maximum Gasteiger partial charge on any atom is 0.253 e. The van der Waals surface area contributed by atoms with Gasteiger partial charge in [-0.3, -0.25) is 9.59 Å². The van der Waals surface area contributed by atoms with E-state index in [9.17, 15) is 23.5 Å². The second-order valence-electron chi connectivity index (χ2n) is 12.3. The van der Waals surface area contributed by atoms with Crippen LogP contribution in [0.4, 0.5) is 8.78 Å². The molecule has 0 spiro atoms. The van der Waals surface area contributed by atoms with E-state index in [1.807, 2.05) is 41.5 Å². The minimum absolute atomic E-state index is 0.0245. The zero-order valence-electron chi connectivity index (χ0n) is 26.6. The van der Waals surface area contributed by atoms with E-state index in [1.54, 1.807) is 35.4 Å². The second-order valence-corrected chi connectivity index (χ2v) is 12.3. The number of hydrogen-bond acceptors (Lipinski definition) is 6. The van der Waals surface area contributed by atoms with E-state index in [2.05, 4.69) is 20.6 Å². The van der Waals surface area contributed by atoms with Gasteiger partial charge in [0.15, 0.2) is 0 Å². The monoisotopic (exact) mass is 609 g/mol. The van der Waals surface area contributed by atoms with Crippen LogP contribution in [0.5, 0.6) is 0 Å². The molecule has 2 aromatic carbocycles. The topological polar surface area (TPSA) is 107 Å². The molecule has 3 aromatic rings. The van der Waals surface area contributed by atoms with Gasteiger partial charge in [-0.25, -0.2) is 18.7 Å². The van der Waals surface area contributed by atoms with E-state index in [-0.39, 0.29) is 35.4 Å². The first-order valence-electron chi connectivity index (χ1n) is 15.2. The summed E-state index contributed by atoms with van der Waals surface area (Å²) in [6.45, 7) is 13.5. The van der Waals surface area contributed by atoms with E-state index in [1.165, 1.54) is 12.1 Å². The fourth-order valence-corrected chi connectivity index (χ4v) is 4.94. The Morgan fingerprint density at radius 1 is 0.977 bits per heavy atom. The Bertz CT molecular complexity index is 1400. The van der Waals surface area contributed by atoms with E-state index < -0.39 is 29.7 Å². The van der Waals surface area contributed by atoms with Gasteiger partial charge in [0.05, 0.1) is 17.8 Å². The number of aliphatic hydroxyl groups excluding tert-OH is 1. The highest BCUT2D eigenvalue weighted by molar-refractivity contribution is 6.00. The smallest absolute Gasteiger partial charge is 0.253 e. The molecule has 0 aliphatic heterocycles. The van der Waals surface area contributed by atoms with Gasteiger partial charge in [0.1, 0.15) is 17.5 Å². The van der Waals surface area contributed by atoms with Crippen molar-refractivity contribution < 1.29 is 23.5 Å². The van der Waals surface area contributed by atoms with Gasteiger partial charge in [0.2, 0.25) is 0 Å². The van der Waals surface area contributed by atoms with Gasteiger partial charge in [-0.15, -0.1) is 0 Å². The number of rotatable bonds is 14. The molecule has 10 heteroatoms. The van der Waals surface area contributed by atoms with Gasteiger partial charge in [0.25, 0.3) is 11.8 Å². The molecule has 3 N–H and O–H groups in total. The van der Waals surface area contributed by atoms with Crippen LogP contribution in [0.3, 0.4) is 0 Å². The van der Waals surface area contributed by atoms with Crippen molar-refractivity contribution in [3.8, 4) is 0 Å². The number of aryl methyl sites for hydroxylation is 1. The van der Waals surface area contributed by atoms with E-state index >= 15 is 0 Å². The minimum Gasteiger partial charge on any atom is -0.390 e. The quantitative estimate of drug-likeness (QED) is 0.234. The van der Waals surface area contributed by atoms with Crippen molar-refractivity contribution in [3.05, 3.63) is 94.1 Å². The Kier molecular flexibility index (Phi) is 12.5. The molecule has 2 amide bonds. The summed E-state index contributed by atoms with van der Waals surface area (Å²) in [5.41, 5.74) is 2.19. The Morgan fingerprint density at radius 3 is 2.23 bits per heavy atom. The van der Waals surface area contributed by atoms with Crippen LogP contribution in [-0.4, -0.2) is 63.6 Å². The van der Waals surface area contributed by atoms with Gasteiger partial charge >= 0.3 is 0 Å². The number of carbonyl (C=O) groups is 2. The Hall–Kier alpha value is -3.76. The van der Waals surface area contributed by atoms with Crippen molar-refractivity contribution in [2.24, 2.45) is 0 Å². The molecule has 0 saturated carbocycles. The van der Waals surface area contributed by atoms with Crippen molar-refractivity contribution in [3.63, 3.8) is 0 Å². The zero-order valence-corrected chi connectivity index (χ0v) is 26.6. The Balaban J connectivity index is 1.81. The Morgan fingerprint density at radius 2 is 1.61 bits per heavy atom. The highest BCUT2D eigenvalue weighted by Gasteiger charge is 2.25. The molecular formula is C34H45F2N5O3. The molecule has 2 unspecified atom stereocenters. The van der Waals surface area contributed by atoms with Crippen molar-refractivity contribution in [2.45, 2.75) is 84.9 Å². The largest absolute Gasteiger partial charge is 0.390 e. The van der Waals surface area contributed by atoms with Crippen LogP contribution in [0.1, 0.15) is 90.8 Å². The summed E-state index contributed by atoms with van der Waals surface area (Å²) in [6, 6.07) is 8.98. The van der Waals surface area contributed by atoms with Gasteiger partial charge < -0.3 is 20.6 Å². The molecule has 0 radical (unpaired) electrons. The van der Waals surface area contributed by atoms with Crippen LogP contribution < -0.4 is 10.6 Å². The van der Waals surface area contributed by atoms with Crippen molar-refractivity contribution in [2.75, 3.05) is 19.6 Å². The summed E-state index contributed by atoms with van der Waals surface area (Å²) in [4.78, 5) is 37.5. The van der Waals surface area contributed by atoms with E-state index in [0.717, 1.165) is 30.2 Å². The average Bonchev–Trinajstić information content (AvgIpc) is 2.95. The molecule has 1 aromatic heterocycles. The highest BCUT2D eigenvalue weighted by Crippen LogP contribution is 2.18. The third-order valence-corrected chi connectivity index (χ3v) is 7.06. The number of aromatic nitrogens is 2. The van der Waals surface area contributed by atoms with Crippen LogP contribution >= 0.6 is 0 Å². The first kappa shape index (κ1) is 34.7. The van der Waals surface area contributed by atoms with Crippen LogP contribution in [-0.2, 0) is 18.4 Å². The summed E-state index contributed by atoms with van der Waals surface area (Å²) in [5.74, 6) is -1.46. The number of aliphatic hydroxyl groups is 1. The number of nitrogens with zero attached hydrogens (tertiary/aromatic N) is 3. The molecule has 3 rings (SSSR count). The molecule has 0 aliphatic rings. The summed E-state index contributed by atoms with van der Waals surface area (Å²) in [6.07, 6.45) is 2.17. The van der Waals surface area contributed by atoms with Crippen LogP contribution in [0.25, 0.3) is 0 Å². The molecule has 2 atom stereocenters. The molecule has 44 heavy (non-hydrogen) atoms. The molecule has 1 heterocycles. The maximum atomic E-state index is 14.0. The SMILES string of the molecule is CCCN(CCC)C(=O)c1cc(C)cc(C(=O)NC(Cc2cc(F)cc(F)c2)C(O)CNCc2ccnc(C(C)(C)C)n2)c1. The lowest BCUT2D eigenvalue weighted by Gasteiger charge is -2.25.